The van der Waals surface area contributed by atoms with Gasteiger partial charge in [0, 0.05) is 16.3 Å². The van der Waals surface area contributed by atoms with Crippen LogP contribution in [-0.2, 0) is 24.1 Å². The standard InChI is InChI=1S/C24H28N4O2S2/c1-15-13-16(2)28(27-15)14-17-9-11-18(12-10-17)25-24(31)26-22-21(23(29)30-3)19-7-5-4-6-8-20(19)32-22/h9-13H,4-8,14H2,1-3H3,(H2,25,26,31). The van der Waals surface area contributed by atoms with Crippen LogP contribution in [0, 0.1) is 13.8 Å². The molecule has 2 aromatic heterocycles. The lowest BCUT2D eigenvalue weighted by molar-refractivity contribution is 0.0601. The van der Waals surface area contributed by atoms with Gasteiger partial charge in [0.1, 0.15) is 5.00 Å². The van der Waals surface area contributed by atoms with Gasteiger partial charge in [-0.05, 0) is 81.1 Å². The number of thiocarbonyl (C=S) groups is 1. The van der Waals surface area contributed by atoms with E-state index in [1.807, 2.05) is 23.7 Å². The van der Waals surface area contributed by atoms with Crippen LogP contribution >= 0.6 is 23.6 Å². The van der Waals surface area contributed by atoms with Crippen LogP contribution in [-0.4, -0.2) is 28.0 Å². The van der Waals surface area contributed by atoms with E-state index in [4.69, 9.17) is 17.0 Å². The zero-order chi connectivity index (χ0) is 22.7. The van der Waals surface area contributed by atoms with Crippen LogP contribution in [0.15, 0.2) is 30.3 Å². The van der Waals surface area contributed by atoms with Gasteiger partial charge < -0.3 is 15.4 Å². The number of hydrogen-bond acceptors (Lipinski definition) is 5. The topological polar surface area (TPSA) is 68.2 Å². The van der Waals surface area contributed by atoms with Crippen molar-refractivity contribution in [3.05, 3.63) is 63.3 Å². The Morgan fingerprint density at radius 1 is 1.16 bits per heavy atom. The molecule has 0 unspecified atom stereocenters. The van der Waals surface area contributed by atoms with Gasteiger partial charge in [0.05, 0.1) is 24.9 Å². The highest BCUT2D eigenvalue weighted by molar-refractivity contribution is 7.80. The third kappa shape index (κ3) is 5.02. The van der Waals surface area contributed by atoms with Crippen LogP contribution in [0.2, 0.25) is 0 Å². The van der Waals surface area contributed by atoms with Crippen molar-refractivity contribution in [3.63, 3.8) is 0 Å². The van der Waals surface area contributed by atoms with Crippen molar-refractivity contribution in [1.82, 2.24) is 9.78 Å². The maximum atomic E-state index is 12.5. The minimum atomic E-state index is -0.303. The lowest BCUT2D eigenvalue weighted by atomic mass is 10.1. The Hall–Kier alpha value is -2.71. The number of carbonyl (C=O) groups is 1. The lowest BCUT2D eigenvalue weighted by Crippen LogP contribution is -2.20. The van der Waals surface area contributed by atoms with Gasteiger partial charge in [0.25, 0.3) is 0 Å². The first kappa shape index (κ1) is 22.5. The number of anilines is 2. The van der Waals surface area contributed by atoms with Gasteiger partial charge in [0.15, 0.2) is 5.11 Å². The van der Waals surface area contributed by atoms with Crippen molar-refractivity contribution in [2.24, 2.45) is 0 Å². The number of benzene rings is 1. The minimum absolute atomic E-state index is 0.303. The number of nitrogens with one attached hydrogen (secondary N) is 2. The van der Waals surface area contributed by atoms with Crippen molar-refractivity contribution in [2.45, 2.75) is 52.5 Å². The second kappa shape index (κ2) is 9.83. The van der Waals surface area contributed by atoms with Gasteiger partial charge in [0.2, 0.25) is 0 Å². The van der Waals surface area contributed by atoms with Crippen LogP contribution < -0.4 is 10.6 Å². The van der Waals surface area contributed by atoms with Crippen molar-refractivity contribution in [2.75, 3.05) is 17.7 Å². The molecule has 3 aromatic rings. The molecule has 8 heteroatoms. The first-order chi connectivity index (χ1) is 15.4. The van der Waals surface area contributed by atoms with E-state index in [0.717, 1.165) is 65.4 Å². The maximum absolute atomic E-state index is 12.5. The third-order valence-electron chi connectivity index (χ3n) is 5.69. The van der Waals surface area contributed by atoms with Crippen molar-refractivity contribution < 1.29 is 9.53 Å². The molecular formula is C24H28N4O2S2. The van der Waals surface area contributed by atoms with Gasteiger partial charge in [-0.15, -0.1) is 11.3 Å². The maximum Gasteiger partial charge on any atom is 0.341 e. The predicted molar refractivity (Wildman–Crippen MR) is 134 cm³/mol. The number of esters is 1. The molecule has 1 aliphatic carbocycles. The molecule has 0 fully saturated rings. The van der Waals surface area contributed by atoms with Crippen molar-refractivity contribution >= 4 is 45.3 Å². The van der Waals surface area contributed by atoms with Gasteiger partial charge in [-0.2, -0.15) is 5.10 Å². The average Bonchev–Trinajstić information content (AvgIpc) is 3.16. The van der Waals surface area contributed by atoms with Gasteiger partial charge >= 0.3 is 5.97 Å². The zero-order valence-corrected chi connectivity index (χ0v) is 20.3. The Balaban J connectivity index is 1.44. The number of thiophene rings is 1. The van der Waals surface area contributed by atoms with Gasteiger partial charge in [-0.1, -0.05) is 18.6 Å². The largest absolute Gasteiger partial charge is 0.465 e. The van der Waals surface area contributed by atoms with E-state index < -0.39 is 0 Å². The number of nitrogens with zero attached hydrogens (tertiary/aromatic N) is 2. The molecule has 0 saturated heterocycles. The lowest BCUT2D eigenvalue weighted by Gasteiger charge is -2.12. The van der Waals surface area contributed by atoms with E-state index in [9.17, 15) is 4.79 Å². The quantitative estimate of drug-likeness (QED) is 0.294. The molecule has 2 heterocycles. The summed E-state index contributed by atoms with van der Waals surface area (Å²) >= 11 is 7.16. The minimum Gasteiger partial charge on any atom is -0.465 e. The summed E-state index contributed by atoms with van der Waals surface area (Å²) in [5.41, 5.74) is 5.98. The first-order valence-corrected chi connectivity index (χ1v) is 12.1. The summed E-state index contributed by atoms with van der Waals surface area (Å²) in [6.45, 7) is 4.79. The highest BCUT2D eigenvalue weighted by Crippen LogP contribution is 2.38. The normalized spacial score (nSPS) is 13.2. The Bertz CT molecular complexity index is 1130. The van der Waals surface area contributed by atoms with Crippen LogP contribution in [0.1, 0.15) is 57.0 Å². The van der Waals surface area contributed by atoms with E-state index >= 15 is 0 Å². The fourth-order valence-electron chi connectivity index (χ4n) is 4.12. The van der Waals surface area contributed by atoms with Gasteiger partial charge in [-0.25, -0.2) is 4.79 Å². The fraction of sp³-hybridized carbons (Fsp3) is 0.375. The van der Waals surface area contributed by atoms with Crippen LogP contribution in [0.3, 0.4) is 0 Å². The molecule has 0 spiro atoms. The monoisotopic (exact) mass is 468 g/mol. The summed E-state index contributed by atoms with van der Waals surface area (Å²) in [7, 11) is 1.43. The van der Waals surface area contributed by atoms with Crippen LogP contribution in [0.25, 0.3) is 0 Å². The smallest absolute Gasteiger partial charge is 0.341 e. The van der Waals surface area contributed by atoms with Crippen molar-refractivity contribution in [3.8, 4) is 0 Å². The SMILES string of the molecule is COC(=O)c1c(NC(=S)Nc2ccc(Cn3nc(C)cc3C)cc2)sc2c1CCCCC2. The molecule has 1 aromatic carbocycles. The number of methoxy groups -OCH3 is 1. The fourth-order valence-corrected chi connectivity index (χ4v) is 5.68. The predicted octanol–water partition coefficient (Wildman–Crippen LogP) is 5.47. The van der Waals surface area contributed by atoms with E-state index in [-0.39, 0.29) is 5.97 Å². The first-order valence-electron chi connectivity index (χ1n) is 10.9. The summed E-state index contributed by atoms with van der Waals surface area (Å²) in [5, 5.41) is 12.2. The molecule has 168 valence electrons. The summed E-state index contributed by atoms with van der Waals surface area (Å²) in [5.74, 6) is -0.303. The number of carbonyl (C=O) groups excluding carboxylic acids is 1. The molecule has 0 amide bonds. The third-order valence-corrected chi connectivity index (χ3v) is 7.10. The number of hydrogen-bond donors (Lipinski definition) is 2. The Kier molecular flexibility index (Phi) is 6.91. The van der Waals surface area contributed by atoms with E-state index in [1.165, 1.54) is 18.4 Å². The summed E-state index contributed by atoms with van der Waals surface area (Å²) in [6.07, 6.45) is 5.36. The molecule has 0 saturated carbocycles. The Morgan fingerprint density at radius 2 is 1.91 bits per heavy atom. The molecule has 0 atom stereocenters. The highest BCUT2D eigenvalue weighted by Gasteiger charge is 2.25. The summed E-state index contributed by atoms with van der Waals surface area (Å²) in [4.78, 5) is 13.8. The van der Waals surface area contributed by atoms with E-state index in [0.29, 0.717) is 10.7 Å². The zero-order valence-electron chi connectivity index (χ0n) is 18.7. The molecule has 2 N–H and O–H groups in total. The molecule has 0 radical (unpaired) electrons. The molecule has 32 heavy (non-hydrogen) atoms. The second-order valence-electron chi connectivity index (χ2n) is 8.12. The summed E-state index contributed by atoms with van der Waals surface area (Å²) in [6, 6.07) is 10.2. The number of ether oxygens (including phenoxy) is 1. The molecule has 0 bridgehead atoms. The summed E-state index contributed by atoms with van der Waals surface area (Å²) < 4.78 is 7.07. The van der Waals surface area contributed by atoms with Gasteiger partial charge in [-0.3, -0.25) is 4.68 Å². The van der Waals surface area contributed by atoms with E-state index in [1.54, 1.807) is 11.3 Å². The Labute approximate surface area is 198 Å². The molecular weight excluding hydrogens is 440 g/mol. The van der Waals surface area contributed by atoms with E-state index in [2.05, 4.69) is 40.9 Å². The Morgan fingerprint density at radius 3 is 2.59 bits per heavy atom. The molecule has 1 aliphatic rings. The molecule has 4 rings (SSSR count). The van der Waals surface area contributed by atoms with Crippen LogP contribution in [0.5, 0.6) is 0 Å². The number of aryl methyl sites for hydroxylation is 3. The van der Waals surface area contributed by atoms with Crippen LogP contribution in [0.4, 0.5) is 10.7 Å². The number of rotatable bonds is 5. The highest BCUT2D eigenvalue weighted by atomic mass is 32.1. The molecule has 6 nitrogen and oxygen atoms in total. The number of aromatic nitrogens is 2. The number of fused-ring (bicyclic) bond motifs is 1. The average molecular weight is 469 g/mol. The second-order valence-corrected chi connectivity index (χ2v) is 9.63. The molecule has 0 aliphatic heterocycles. The van der Waals surface area contributed by atoms with Crippen molar-refractivity contribution in [1.29, 1.82) is 0 Å².